The Morgan fingerprint density at radius 2 is 1.38 bits per heavy atom. The molecule has 24 heavy (non-hydrogen) atoms. The van der Waals surface area contributed by atoms with E-state index in [1.807, 2.05) is 81.4 Å². The molecule has 0 spiro atoms. The van der Waals surface area contributed by atoms with Crippen molar-refractivity contribution in [2.75, 3.05) is 0 Å². The highest BCUT2D eigenvalue weighted by molar-refractivity contribution is 7.76. The zero-order valence-electron chi connectivity index (χ0n) is 14.1. The molecule has 4 nitrogen and oxygen atoms in total. The zero-order chi connectivity index (χ0) is 17.5. The molecule has 1 aliphatic heterocycles. The van der Waals surface area contributed by atoms with Gasteiger partial charge in [0.1, 0.15) is 6.04 Å². The molecule has 1 aliphatic rings. The largest absolute Gasteiger partial charge is 0.480 e. The van der Waals surface area contributed by atoms with Gasteiger partial charge < -0.3 is 5.11 Å². The van der Waals surface area contributed by atoms with Crippen LogP contribution in [0.15, 0.2) is 60.7 Å². The molecule has 0 bridgehead atoms. The molecular formula is C19H22NO3P. The molecule has 1 N–H and O–H groups in total. The summed E-state index contributed by atoms with van der Waals surface area (Å²) in [6, 6.07) is 17.4. The Hall–Kier alpha value is -1.90. The minimum absolute atomic E-state index is 0.263. The first-order chi connectivity index (χ1) is 11.3. The standard InChI is InChI=1S/C19H22NO3P/c1-19(2,3)17-16(18(21)22)20(17)24(23,14-10-6-4-7-11-14)15-12-8-5-9-13-15/h4-13,16-17H,1-3H3,(H,21,22). The SMILES string of the molecule is CC(C)(C)C1C(C(=O)O)N1P(=O)(c1ccccc1)c1ccccc1. The van der Waals surface area contributed by atoms with Crippen LogP contribution in [0.5, 0.6) is 0 Å². The Morgan fingerprint density at radius 1 is 0.958 bits per heavy atom. The third-order valence-corrected chi connectivity index (χ3v) is 7.60. The van der Waals surface area contributed by atoms with Crippen molar-refractivity contribution in [2.45, 2.75) is 32.9 Å². The molecule has 0 aliphatic carbocycles. The molecule has 2 aromatic carbocycles. The maximum absolute atomic E-state index is 14.2. The third kappa shape index (κ3) is 2.70. The van der Waals surface area contributed by atoms with Crippen LogP contribution in [0.2, 0.25) is 0 Å². The van der Waals surface area contributed by atoms with E-state index >= 15 is 0 Å². The van der Waals surface area contributed by atoms with E-state index in [9.17, 15) is 14.5 Å². The van der Waals surface area contributed by atoms with Gasteiger partial charge in [-0.2, -0.15) is 0 Å². The van der Waals surface area contributed by atoms with Crippen molar-refractivity contribution in [3.63, 3.8) is 0 Å². The van der Waals surface area contributed by atoms with E-state index in [0.29, 0.717) is 10.6 Å². The van der Waals surface area contributed by atoms with Crippen molar-refractivity contribution in [1.82, 2.24) is 4.67 Å². The summed E-state index contributed by atoms with van der Waals surface area (Å²) in [5.41, 5.74) is -0.276. The number of hydrogen-bond acceptors (Lipinski definition) is 2. The summed E-state index contributed by atoms with van der Waals surface area (Å²) >= 11 is 0. The molecule has 1 saturated heterocycles. The molecule has 0 radical (unpaired) electrons. The number of aliphatic carboxylic acids is 1. The predicted octanol–water partition coefficient (Wildman–Crippen LogP) is 3.10. The van der Waals surface area contributed by atoms with Crippen molar-refractivity contribution in [2.24, 2.45) is 5.41 Å². The lowest BCUT2D eigenvalue weighted by Crippen LogP contribution is -2.26. The second-order valence-electron chi connectivity index (χ2n) is 7.22. The fraction of sp³-hybridized carbons (Fsp3) is 0.316. The van der Waals surface area contributed by atoms with Crippen LogP contribution in [0.4, 0.5) is 0 Å². The predicted molar refractivity (Wildman–Crippen MR) is 96.3 cm³/mol. The van der Waals surface area contributed by atoms with E-state index in [-0.39, 0.29) is 11.5 Å². The van der Waals surface area contributed by atoms with Gasteiger partial charge in [-0.1, -0.05) is 57.2 Å². The van der Waals surface area contributed by atoms with Gasteiger partial charge in [-0.05, 0) is 29.7 Å². The molecule has 0 saturated carbocycles. The molecule has 126 valence electrons. The van der Waals surface area contributed by atoms with Crippen LogP contribution in [-0.2, 0) is 9.36 Å². The Bertz CT molecular complexity index is 740. The van der Waals surface area contributed by atoms with Crippen molar-refractivity contribution in [1.29, 1.82) is 0 Å². The molecule has 3 unspecified atom stereocenters. The third-order valence-electron chi connectivity index (χ3n) is 4.46. The molecule has 3 rings (SSSR count). The molecule has 0 aromatic heterocycles. The fourth-order valence-electron chi connectivity index (χ4n) is 3.36. The van der Waals surface area contributed by atoms with Gasteiger partial charge in [-0.3, -0.25) is 9.36 Å². The lowest BCUT2D eigenvalue weighted by molar-refractivity contribution is -0.137. The first-order valence-electron chi connectivity index (χ1n) is 8.01. The summed E-state index contributed by atoms with van der Waals surface area (Å²) in [4.78, 5) is 11.8. The Kier molecular flexibility index (Phi) is 4.15. The Labute approximate surface area is 142 Å². The van der Waals surface area contributed by atoms with E-state index in [0.717, 1.165) is 0 Å². The van der Waals surface area contributed by atoms with Crippen LogP contribution in [0.25, 0.3) is 0 Å². The van der Waals surface area contributed by atoms with Gasteiger partial charge in [-0.15, -0.1) is 0 Å². The zero-order valence-corrected chi connectivity index (χ0v) is 15.0. The molecule has 0 amide bonds. The highest BCUT2D eigenvalue weighted by atomic mass is 31.2. The number of carboxylic acids is 1. The number of nitrogens with zero attached hydrogens (tertiary/aromatic N) is 1. The van der Waals surface area contributed by atoms with Crippen molar-refractivity contribution < 1.29 is 14.5 Å². The average Bonchev–Trinajstić information content (AvgIpc) is 3.32. The van der Waals surface area contributed by atoms with E-state index in [4.69, 9.17) is 0 Å². The van der Waals surface area contributed by atoms with Gasteiger partial charge in [0, 0.05) is 16.7 Å². The van der Waals surface area contributed by atoms with Crippen molar-refractivity contribution in [3.8, 4) is 0 Å². The van der Waals surface area contributed by atoms with Crippen LogP contribution in [0.1, 0.15) is 20.8 Å². The van der Waals surface area contributed by atoms with E-state index in [2.05, 4.69) is 0 Å². The molecule has 2 aromatic rings. The molecule has 5 heteroatoms. The van der Waals surface area contributed by atoms with Gasteiger partial charge in [0.25, 0.3) is 0 Å². The van der Waals surface area contributed by atoms with Crippen molar-refractivity contribution >= 4 is 23.9 Å². The number of rotatable bonds is 4. The molecular weight excluding hydrogens is 321 g/mol. The molecule has 3 atom stereocenters. The minimum Gasteiger partial charge on any atom is -0.480 e. The normalized spacial score (nSPS) is 23.7. The second-order valence-corrected chi connectivity index (χ2v) is 9.87. The lowest BCUT2D eigenvalue weighted by Gasteiger charge is -2.25. The summed E-state index contributed by atoms with van der Waals surface area (Å²) in [7, 11) is -3.20. The van der Waals surface area contributed by atoms with E-state index in [1.54, 1.807) is 4.67 Å². The van der Waals surface area contributed by atoms with Crippen LogP contribution >= 0.6 is 7.29 Å². The summed E-state index contributed by atoms with van der Waals surface area (Å²) in [5.74, 6) is -0.915. The monoisotopic (exact) mass is 343 g/mol. The van der Waals surface area contributed by atoms with Gasteiger partial charge >= 0.3 is 5.97 Å². The smallest absolute Gasteiger partial charge is 0.323 e. The van der Waals surface area contributed by atoms with Gasteiger partial charge in [-0.25, -0.2) is 4.67 Å². The molecule has 1 heterocycles. The van der Waals surface area contributed by atoms with Crippen LogP contribution in [0, 0.1) is 5.41 Å². The first-order valence-corrected chi connectivity index (χ1v) is 9.67. The number of hydrogen-bond donors (Lipinski definition) is 1. The van der Waals surface area contributed by atoms with Crippen LogP contribution in [-0.4, -0.2) is 27.8 Å². The number of carboxylic acid groups (broad SMARTS) is 1. The highest BCUT2D eigenvalue weighted by Gasteiger charge is 2.65. The van der Waals surface area contributed by atoms with E-state index < -0.39 is 19.3 Å². The second kappa shape index (κ2) is 5.87. The number of carbonyl (C=O) groups is 1. The average molecular weight is 343 g/mol. The van der Waals surface area contributed by atoms with Crippen LogP contribution in [0.3, 0.4) is 0 Å². The first kappa shape index (κ1) is 16.9. The summed E-state index contributed by atoms with van der Waals surface area (Å²) in [5, 5.41) is 11.0. The fourth-order valence-corrected chi connectivity index (χ4v) is 6.69. The summed E-state index contributed by atoms with van der Waals surface area (Å²) in [6.07, 6.45) is 0. The maximum Gasteiger partial charge on any atom is 0.323 e. The topological polar surface area (TPSA) is 57.4 Å². The van der Waals surface area contributed by atoms with Gasteiger partial charge in [0.15, 0.2) is 0 Å². The Morgan fingerprint density at radius 3 is 1.67 bits per heavy atom. The van der Waals surface area contributed by atoms with Gasteiger partial charge in [0.2, 0.25) is 7.29 Å². The van der Waals surface area contributed by atoms with Crippen LogP contribution < -0.4 is 10.6 Å². The Balaban J connectivity index is 2.17. The van der Waals surface area contributed by atoms with E-state index in [1.165, 1.54) is 0 Å². The summed E-state index contributed by atoms with van der Waals surface area (Å²) < 4.78 is 15.9. The quantitative estimate of drug-likeness (QED) is 0.685. The number of benzene rings is 2. The van der Waals surface area contributed by atoms with Crippen molar-refractivity contribution in [3.05, 3.63) is 60.7 Å². The highest BCUT2D eigenvalue weighted by Crippen LogP contribution is 2.62. The minimum atomic E-state index is -3.20. The lowest BCUT2D eigenvalue weighted by atomic mass is 9.90. The molecule has 1 fully saturated rings. The maximum atomic E-state index is 14.2. The summed E-state index contributed by atoms with van der Waals surface area (Å²) in [6.45, 7) is 5.98. The van der Waals surface area contributed by atoms with Gasteiger partial charge in [0.05, 0.1) is 0 Å².